The van der Waals surface area contributed by atoms with Crippen LogP contribution in [-0.4, -0.2) is 41.9 Å². The first kappa shape index (κ1) is 18.3. The Morgan fingerprint density at radius 3 is 2.48 bits per heavy atom. The average Bonchev–Trinajstić information content (AvgIpc) is 3.04. The number of furan rings is 1. The van der Waals surface area contributed by atoms with E-state index in [1.54, 1.807) is 45.3 Å². The summed E-state index contributed by atoms with van der Waals surface area (Å²) < 4.78 is 5.32. The average molecular weight is 344 g/mol. The van der Waals surface area contributed by atoms with Crippen molar-refractivity contribution in [3.8, 4) is 0 Å². The third-order valence-corrected chi connectivity index (χ3v) is 3.62. The van der Waals surface area contributed by atoms with Gasteiger partial charge in [0.15, 0.2) is 5.76 Å². The Balaban J connectivity index is 2.09. The number of aromatic carboxylic acids is 1. The summed E-state index contributed by atoms with van der Waals surface area (Å²) in [6.45, 7) is 1.94. The first-order valence-electron chi connectivity index (χ1n) is 7.78. The summed E-state index contributed by atoms with van der Waals surface area (Å²) in [5, 5.41) is 11.8. The van der Waals surface area contributed by atoms with Crippen LogP contribution in [0.15, 0.2) is 34.7 Å². The molecule has 2 N–H and O–H groups in total. The van der Waals surface area contributed by atoms with Crippen molar-refractivity contribution in [3.63, 3.8) is 0 Å². The van der Waals surface area contributed by atoms with Crippen molar-refractivity contribution in [1.29, 1.82) is 0 Å². The van der Waals surface area contributed by atoms with Gasteiger partial charge in [-0.3, -0.25) is 9.59 Å². The lowest BCUT2D eigenvalue weighted by Gasteiger charge is -2.11. The second-order valence-electron chi connectivity index (χ2n) is 5.69. The highest BCUT2D eigenvalue weighted by Crippen LogP contribution is 2.16. The molecule has 0 aliphatic heterocycles. The zero-order chi connectivity index (χ0) is 18.6. The number of aryl methyl sites for hydroxylation is 1. The number of hydrogen-bond donors (Lipinski definition) is 2. The molecule has 0 saturated heterocycles. The van der Waals surface area contributed by atoms with Crippen LogP contribution in [0.3, 0.4) is 0 Å². The molecule has 0 saturated carbocycles. The highest BCUT2D eigenvalue weighted by molar-refractivity contribution is 5.96. The summed E-state index contributed by atoms with van der Waals surface area (Å²) in [5.74, 6) is -1.55. The van der Waals surface area contributed by atoms with Crippen LogP contribution in [0.5, 0.6) is 0 Å². The molecule has 25 heavy (non-hydrogen) atoms. The van der Waals surface area contributed by atoms with E-state index >= 15 is 0 Å². The Morgan fingerprint density at radius 1 is 1.20 bits per heavy atom. The molecule has 7 nitrogen and oxygen atoms in total. The number of carbonyl (C=O) groups is 3. The number of rotatable bonds is 6. The number of carboxylic acids is 1. The van der Waals surface area contributed by atoms with Gasteiger partial charge in [-0.05, 0) is 17.7 Å². The lowest BCUT2D eigenvalue weighted by Crippen LogP contribution is -2.24. The number of carboxylic acid groups (broad SMARTS) is 1. The molecule has 0 spiro atoms. The molecule has 1 aromatic heterocycles. The smallest absolute Gasteiger partial charge is 0.339 e. The standard InChI is InChI=1S/C18H20N2O5/c1-4-14-13(18(23)24)9-15(25-14)16(21)19-10-11-6-5-7-12(8-11)17(22)20(2)3/h5-9H,4,10H2,1-3H3,(H,19,21)(H,23,24). The molecule has 7 heteroatoms. The lowest BCUT2D eigenvalue weighted by molar-refractivity contribution is 0.0693. The molecule has 2 amide bonds. The van der Waals surface area contributed by atoms with Crippen LogP contribution >= 0.6 is 0 Å². The zero-order valence-corrected chi connectivity index (χ0v) is 14.3. The summed E-state index contributed by atoms with van der Waals surface area (Å²) in [5.41, 5.74) is 1.27. The number of nitrogens with one attached hydrogen (secondary N) is 1. The van der Waals surface area contributed by atoms with Crippen molar-refractivity contribution in [2.45, 2.75) is 19.9 Å². The van der Waals surface area contributed by atoms with Gasteiger partial charge in [-0.15, -0.1) is 0 Å². The number of carbonyl (C=O) groups excluding carboxylic acids is 2. The van der Waals surface area contributed by atoms with Crippen LogP contribution < -0.4 is 5.32 Å². The predicted molar refractivity (Wildman–Crippen MR) is 90.7 cm³/mol. The molecule has 0 atom stereocenters. The molecule has 2 rings (SSSR count). The first-order chi connectivity index (χ1) is 11.8. The minimum absolute atomic E-state index is 0.00812. The molecule has 0 bridgehead atoms. The number of hydrogen-bond acceptors (Lipinski definition) is 4. The van der Waals surface area contributed by atoms with Crippen LogP contribution in [-0.2, 0) is 13.0 Å². The molecular formula is C18H20N2O5. The van der Waals surface area contributed by atoms with Gasteiger partial charge in [-0.2, -0.15) is 0 Å². The van der Waals surface area contributed by atoms with Crippen LogP contribution in [0.2, 0.25) is 0 Å². The van der Waals surface area contributed by atoms with Gasteiger partial charge in [0, 0.05) is 38.7 Å². The van der Waals surface area contributed by atoms with Crippen molar-refractivity contribution in [1.82, 2.24) is 10.2 Å². The molecule has 0 unspecified atom stereocenters. The summed E-state index contributed by atoms with van der Waals surface area (Å²) in [6.07, 6.45) is 0.379. The third kappa shape index (κ3) is 4.26. The highest BCUT2D eigenvalue weighted by Gasteiger charge is 2.20. The van der Waals surface area contributed by atoms with E-state index in [1.807, 2.05) is 0 Å². The second kappa shape index (κ2) is 7.65. The van der Waals surface area contributed by atoms with E-state index in [-0.39, 0.29) is 29.5 Å². The Morgan fingerprint density at radius 2 is 1.92 bits per heavy atom. The molecule has 1 aromatic carbocycles. The molecular weight excluding hydrogens is 324 g/mol. The summed E-state index contributed by atoms with van der Waals surface area (Å²) in [6, 6.07) is 8.15. The van der Waals surface area contributed by atoms with E-state index in [9.17, 15) is 14.4 Å². The van der Waals surface area contributed by atoms with Gasteiger partial charge in [0.1, 0.15) is 11.3 Å². The van der Waals surface area contributed by atoms with E-state index in [4.69, 9.17) is 9.52 Å². The Bertz CT molecular complexity index is 808. The van der Waals surface area contributed by atoms with Gasteiger partial charge in [-0.25, -0.2) is 4.79 Å². The van der Waals surface area contributed by atoms with Crippen molar-refractivity contribution in [3.05, 3.63) is 58.5 Å². The molecule has 0 radical (unpaired) electrons. The van der Waals surface area contributed by atoms with Gasteiger partial charge < -0.3 is 19.7 Å². The minimum atomic E-state index is -1.13. The van der Waals surface area contributed by atoms with E-state index in [1.165, 1.54) is 11.0 Å². The Labute approximate surface area is 145 Å². The van der Waals surface area contributed by atoms with E-state index in [0.717, 1.165) is 5.56 Å². The normalized spacial score (nSPS) is 10.4. The maximum atomic E-state index is 12.2. The Kier molecular flexibility index (Phi) is 5.59. The van der Waals surface area contributed by atoms with E-state index in [0.29, 0.717) is 12.0 Å². The van der Waals surface area contributed by atoms with Crippen molar-refractivity contribution in [2.24, 2.45) is 0 Å². The first-order valence-corrected chi connectivity index (χ1v) is 7.78. The number of nitrogens with zero attached hydrogens (tertiary/aromatic N) is 1. The monoisotopic (exact) mass is 344 g/mol. The predicted octanol–water partition coefficient (Wildman–Crippen LogP) is 2.17. The summed E-state index contributed by atoms with van der Waals surface area (Å²) in [7, 11) is 3.33. The molecule has 0 aliphatic rings. The molecule has 0 aliphatic carbocycles. The lowest BCUT2D eigenvalue weighted by atomic mass is 10.1. The Hall–Kier alpha value is -3.09. The quantitative estimate of drug-likeness (QED) is 0.836. The van der Waals surface area contributed by atoms with Crippen LogP contribution in [0, 0.1) is 0 Å². The van der Waals surface area contributed by atoms with Gasteiger partial charge in [0.05, 0.1) is 0 Å². The summed E-state index contributed by atoms with van der Waals surface area (Å²) in [4.78, 5) is 36.7. The van der Waals surface area contributed by atoms with Gasteiger partial charge in [0.25, 0.3) is 11.8 Å². The fraction of sp³-hybridized carbons (Fsp3) is 0.278. The molecule has 0 fully saturated rings. The van der Waals surface area contributed by atoms with Crippen molar-refractivity contribution in [2.75, 3.05) is 14.1 Å². The molecule has 132 valence electrons. The second-order valence-corrected chi connectivity index (χ2v) is 5.69. The summed E-state index contributed by atoms with van der Waals surface area (Å²) >= 11 is 0. The van der Waals surface area contributed by atoms with Crippen molar-refractivity contribution < 1.29 is 23.9 Å². The number of amides is 2. The molecule has 2 aromatic rings. The largest absolute Gasteiger partial charge is 0.478 e. The fourth-order valence-electron chi connectivity index (χ4n) is 2.33. The van der Waals surface area contributed by atoms with Gasteiger partial charge in [0.2, 0.25) is 0 Å². The minimum Gasteiger partial charge on any atom is -0.478 e. The van der Waals surface area contributed by atoms with Crippen LogP contribution in [0.1, 0.15) is 49.5 Å². The maximum absolute atomic E-state index is 12.2. The SMILES string of the molecule is CCc1oc(C(=O)NCc2cccc(C(=O)N(C)C)c2)cc1C(=O)O. The molecule has 1 heterocycles. The number of benzene rings is 1. The zero-order valence-electron chi connectivity index (χ0n) is 14.3. The topological polar surface area (TPSA) is 99.9 Å². The van der Waals surface area contributed by atoms with Crippen LogP contribution in [0.4, 0.5) is 0 Å². The van der Waals surface area contributed by atoms with Gasteiger partial charge >= 0.3 is 5.97 Å². The highest BCUT2D eigenvalue weighted by atomic mass is 16.4. The van der Waals surface area contributed by atoms with Crippen LogP contribution in [0.25, 0.3) is 0 Å². The van der Waals surface area contributed by atoms with Gasteiger partial charge in [-0.1, -0.05) is 19.1 Å². The van der Waals surface area contributed by atoms with E-state index < -0.39 is 11.9 Å². The van der Waals surface area contributed by atoms with E-state index in [2.05, 4.69) is 5.32 Å². The third-order valence-electron chi connectivity index (χ3n) is 3.62. The fourth-order valence-corrected chi connectivity index (χ4v) is 2.33. The maximum Gasteiger partial charge on any atom is 0.339 e. The van der Waals surface area contributed by atoms with Crippen molar-refractivity contribution >= 4 is 17.8 Å².